The van der Waals surface area contributed by atoms with Crippen LogP contribution in [0.25, 0.3) is 88.9 Å². The Balaban J connectivity index is 1.70. The first-order chi connectivity index (χ1) is 32.0. The molecule has 4 aromatic carbocycles. The van der Waals surface area contributed by atoms with Gasteiger partial charge in [-0.1, -0.05) is 70.8 Å². The Morgan fingerprint density at radius 2 is 0.426 bits per heavy atom. The Hall–Kier alpha value is -6.52. The van der Waals surface area contributed by atoms with Crippen LogP contribution in [0.15, 0.2) is 48.5 Å². The van der Waals surface area contributed by atoms with Crippen molar-refractivity contribution < 1.29 is 0 Å². The van der Waals surface area contributed by atoms with Gasteiger partial charge in [-0.3, -0.25) is 0 Å². The summed E-state index contributed by atoms with van der Waals surface area (Å²) in [6, 6.07) is 18.7. The molecule has 0 saturated carbocycles. The number of nitrogens with zero attached hydrogens (tertiary/aromatic N) is 2. The second-order valence-corrected chi connectivity index (χ2v) is 21.0. The number of fused-ring (bicyclic) bond motifs is 8. The number of H-pyrrole nitrogens is 2. The van der Waals surface area contributed by atoms with Crippen LogP contribution in [0.5, 0.6) is 0 Å². The van der Waals surface area contributed by atoms with E-state index in [9.17, 15) is 0 Å². The molecule has 0 spiro atoms. The quantitative estimate of drug-likeness (QED) is 0.185. The molecule has 2 N–H and O–H groups in total. The van der Waals surface area contributed by atoms with Gasteiger partial charge in [0.15, 0.2) is 0 Å². The van der Waals surface area contributed by atoms with E-state index < -0.39 is 0 Å². The third-order valence-corrected chi connectivity index (χ3v) is 15.8. The van der Waals surface area contributed by atoms with Crippen LogP contribution in [0.3, 0.4) is 0 Å². The van der Waals surface area contributed by atoms with Crippen LogP contribution in [-0.2, 0) is 0 Å². The molecule has 0 aliphatic carbocycles. The maximum atomic E-state index is 5.99. The highest BCUT2D eigenvalue weighted by Crippen LogP contribution is 2.50. The van der Waals surface area contributed by atoms with Crippen molar-refractivity contribution in [2.75, 3.05) is 0 Å². The average Bonchev–Trinajstić information content (AvgIpc) is 3.90. The molecule has 2 aliphatic heterocycles. The fourth-order valence-corrected chi connectivity index (χ4v) is 12.4. The molecular formula is C64H70N4. The molecule has 0 fully saturated rings. The van der Waals surface area contributed by atoms with Crippen molar-refractivity contribution >= 4 is 44.4 Å². The minimum absolute atomic E-state index is 0.990. The van der Waals surface area contributed by atoms with Gasteiger partial charge in [-0.25, -0.2) is 9.97 Å². The van der Waals surface area contributed by atoms with Gasteiger partial charge in [0.2, 0.25) is 0 Å². The van der Waals surface area contributed by atoms with E-state index in [-0.39, 0.29) is 0 Å². The summed E-state index contributed by atoms with van der Waals surface area (Å²) in [5.41, 5.74) is 42.5. The lowest BCUT2D eigenvalue weighted by Gasteiger charge is -2.16. The number of nitrogens with one attached hydrogen (secondary N) is 2. The van der Waals surface area contributed by atoms with E-state index in [1.807, 2.05) is 0 Å². The largest absolute Gasteiger partial charge is 0.354 e. The van der Waals surface area contributed by atoms with Crippen LogP contribution < -0.4 is 0 Å². The van der Waals surface area contributed by atoms with Crippen molar-refractivity contribution in [3.8, 4) is 44.5 Å². The van der Waals surface area contributed by atoms with Crippen molar-refractivity contribution in [1.82, 2.24) is 19.9 Å². The Bertz CT molecular complexity index is 3370. The van der Waals surface area contributed by atoms with Gasteiger partial charge in [-0.05, 0) is 250 Å². The zero-order valence-corrected chi connectivity index (χ0v) is 44.5. The maximum absolute atomic E-state index is 5.99. The van der Waals surface area contributed by atoms with Crippen LogP contribution in [0, 0.1) is 111 Å². The van der Waals surface area contributed by atoms with E-state index in [0.29, 0.717) is 0 Å². The maximum Gasteiger partial charge on any atom is 0.0770 e. The second-order valence-electron chi connectivity index (χ2n) is 21.0. The first kappa shape index (κ1) is 46.6. The van der Waals surface area contributed by atoms with Gasteiger partial charge in [-0.15, -0.1) is 0 Å². The highest BCUT2D eigenvalue weighted by atomic mass is 14.8. The lowest BCUT2D eigenvalue weighted by molar-refractivity contribution is 1.22. The number of hydrogen-bond acceptors (Lipinski definition) is 2. The van der Waals surface area contributed by atoms with Crippen LogP contribution >= 0.6 is 0 Å². The molecule has 346 valence electrons. The van der Waals surface area contributed by atoms with Crippen LogP contribution in [-0.4, -0.2) is 19.9 Å². The molecule has 8 bridgehead atoms. The molecule has 4 nitrogen and oxygen atoms in total. The Morgan fingerprint density at radius 3 is 0.676 bits per heavy atom. The van der Waals surface area contributed by atoms with Crippen LogP contribution in [0.1, 0.15) is 139 Å². The first-order valence-corrected chi connectivity index (χ1v) is 24.5. The zero-order valence-electron chi connectivity index (χ0n) is 44.5. The molecule has 9 rings (SSSR count). The number of rotatable bonds is 4. The van der Waals surface area contributed by atoms with E-state index in [0.717, 1.165) is 61.5 Å². The van der Waals surface area contributed by atoms with Crippen LogP contribution in [0.4, 0.5) is 0 Å². The third kappa shape index (κ3) is 7.08. The minimum Gasteiger partial charge on any atom is -0.354 e. The normalized spacial score (nSPS) is 12.9. The van der Waals surface area contributed by atoms with Gasteiger partial charge in [-0.2, -0.15) is 0 Å². The van der Waals surface area contributed by atoms with Crippen molar-refractivity contribution in [1.29, 1.82) is 0 Å². The molecule has 4 heteroatoms. The smallest absolute Gasteiger partial charge is 0.0770 e. The van der Waals surface area contributed by atoms with Crippen molar-refractivity contribution in [3.05, 3.63) is 160 Å². The molecule has 3 aromatic heterocycles. The Kier molecular flexibility index (Phi) is 11.4. The van der Waals surface area contributed by atoms with Gasteiger partial charge in [0.05, 0.1) is 44.8 Å². The predicted molar refractivity (Wildman–Crippen MR) is 295 cm³/mol. The van der Waals surface area contributed by atoms with Crippen molar-refractivity contribution in [2.24, 2.45) is 0 Å². The van der Waals surface area contributed by atoms with Gasteiger partial charge >= 0.3 is 0 Å². The number of aromatic nitrogens is 4. The molecule has 0 amide bonds. The Labute approximate surface area is 405 Å². The summed E-state index contributed by atoms with van der Waals surface area (Å²) in [4.78, 5) is 20.5. The van der Waals surface area contributed by atoms with Gasteiger partial charge in [0, 0.05) is 22.3 Å². The Morgan fingerprint density at radius 1 is 0.235 bits per heavy atom. The molecule has 2 aliphatic rings. The molecule has 7 aromatic rings. The second kappa shape index (κ2) is 16.6. The summed E-state index contributed by atoms with van der Waals surface area (Å²) in [6.45, 7) is 45.3. The topological polar surface area (TPSA) is 57.4 Å². The van der Waals surface area contributed by atoms with E-state index in [1.165, 1.54) is 139 Å². The standard InChI is InChI=1S/C64H70N4/c1-29-21-33(5)49(34(6)22-29)53-57-41(13)43(15)59(65-57)54(50-35(7)23-30(2)24-36(50)8)61-45(17)47(19)63(67-61)56(52-39(11)27-32(4)28-40(52)12)64-48(20)46(18)62(68-64)55(60-44(16)42(14)58(53)66-60)51-37(9)25-31(3)26-38(51)10/h21-28,65-66H,1-20H3. The van der Waals surface area contributed by atoms with E-state index in [2.05, 4.69) is 197 Å². The summed E-state index contributed by atoms with van der Waals surface area (Å²) < 4.78 is 0. The summed E-state index contributed by atoms with van der Waals surface area (Å²) in [6.07, 6.45) is 0. The lowest BCUT2D eigenvalue weighted by atomic mass is 9.87. The number of aryl methyl sites for hydroxylation is 16. The average molecular weight is 895 g/mol. The SMILES string of the molecule is CC1=C(C)c2nc1c(-c1c(C)cc(C)cc1C)c1nc(c(-c3c(C)cc(C)cc3C)c3[nH]c(c(C)c3C)c(-c3c(C)cc(C)cc3C)c3[nH]c(c(C)c3C)c2-c2c(C)cc(C)cc2C)C(C)=C1C. The molecule has 5 heterocycles. The molecular weight excluding hydrogens is 825 g/mol. The monoisotopic (exact) mass is 895 g/mol. The van der Waals surface area contributed by atoms with E-state index >= 15 is 0 Å². The highest BCUT2D eigenvalue weighted by Gasteiger charge is 2.31. The molecule has 0 atom stereocenters. The van der Waals surface area contributed by atoms with Crippen molar-refractivity contribution in [2.45, 2.75) is 138 Å². The predicted octanol–water partition coefficient (Wildman–Crippen LogP) is 17.8. The molecule has 0 unspecified atom stereocenters. The molecule has 0 radical (unpaired) electrons. The fourth-order valence-electron chi connectivity index (χ4n) is 12.4. The van der Waals surface area contributed by atoms with Gasteiger partial charge in [0.25, 0.3) is 0 Å². The third-order valence-electron chi connectivity index (χ3n) is 15.8. The number of aromatic amines is 2. The fraction of sp³-hybridized carbons (Fsp3) is 0.312. The summed E-state index contributed by atoms with van der Waals surface area (Å²) in [5.74, 6) is 0. The van der Waals surface area contributed by atoms with Crippen LogP contribution in [0.2, 0.25) is 0 Å². The van der Waals surface area contributed by atoms with E-state index in [1.54, 1.807) is 0 Å². The summed E-state index contributed by atoms with van der Waals surface area (Å²) in [7, 11) is 0. The number of hydrogen-bond donors (Lipinski definition) is 2. The molecule has 68 heavy (non-hydrogen) atoms. The molecule has 0 saturated heterocycles. The summed E-state index contributed by atoms with van der Waals surface area (Å²) in [5, 5.41) is 0. The highest BCUT2D eigenvalue weighted by molar-refractivity contribution is 6.09. The summed E-state index contributed by atoms with van der Waals surface area (Å²) >= 11 is 0. The van der Waals surface area contributed by atoms with Crippen molar-refractivity contribution in [3.63, 3.8) is 0 Å². The zero-order chi connectivity index (χ0) is 49.3. The lowest BCUT2D eigenvalue weighted by Crippen LogP contribution is -1.99. The minimum atomic E-state index is 0.990. The van der Waals surface area contributed by atoms with Gasteiger partial charge in [0.1, 0.15) is 0 Å². The van der Waals surface area contributed by atoms with Gasteiger partial charge < -0.3 is 9.97 Å². The number of benzene rings is 4. The number of allylic oxidation sites excluding steroid dienone is 4. The first-order valence-electron chi connectivity index (χ1n) is 24.5. The van der Waals surface area contributed by atoms with E-state index in [4.69, 9.17) is 9.97 Å².